The van der Waals surface area contributed by atoms with Crippen molar-refractivity contribution in [3.05, 3.63) is 23.5 Å². The van der Waals surface area contributed by atoms with Crippen LogP contribution in [-0.2, 0) is 11.3 Å². The quantitative estimate of drug-likeness (QED) is 0.698. The maximum absolute atomic E-state index is 5.79. The molecule has 0 unspecified atom stereocenters. The predicted molar refractivity (Wildman–Crippen MR) is 77.6 cm³/mol. The number of aryl methyl sites for hydroxylation is 1. The summed E-state index contributed by atoms with van der Waals surface area (Å²) in [6.45, 7) is 11.2. The number of rotatable bonds is 9. The molecule has 0 saturated heterocycles. The van der Waals surface area contributed by atoms with Crippen molar-refractivity contribution >= 4 is 0 Å². The van der Waals surface area contributed by atoms with Crippen molar-refractivity contribution in [2.45, 2.75) is 46.7 Å². The largest absolute Gasteiger partial charge is 0.492 e. The van der Waals surface area contributed by atoms with Crippen LogP contribution in [0.25, 0.3) is 0 Å². The highest BCUT2D eigenvalue weighted by atomic mass is 16.5. The smallest absolute Gasteiger partial charge is 0.142 e. The van der Waals surface area contributed by atoms with Crippen LogP contribution in [0.1, 0.15) is 38.6 Å². The Bertz CT molecular complexity index is 367. The molecule has 0 saturated carbocycles. The van der Waals surface area contributed by atoms with Crippen LogP contribution in [0.15, 0.2) is 12.1 Å². The maximum atomic E-state index is 5.79. The number of hydrogen-bond acceptors (Lipinski definition) is 4. The molecule has 4 heteroatoms. The van der Waals surface area contributed by atoms with Crippen LogP contribution in [0.2, 0.25) is 0 Å². The van der Waals surface area contributed by atoms with Gasteiger partial charge in [0.1, 0.15) is 5.75 Å². The Labute approximate surface area is 116 Å². The molecule has 0 atom stereocenters. The first-order valence-electron chi connectivity index (χ1n) is 7.04. The van der Waals surface area contributed by atoms with Gasteiger partial charge in [0.05, 0.1) is 12.3 Å². The van der Waals surface area contributed by atoms with Crippen molar-refractivity contribution in [3.63, 3.8) is 0 Å². The first-order valence-corrected chi connectivity index (χ1v) is 7.04. The summed E-state index contributed by atoms with van der Waals surface area (Å²) in [7, 11) is 0. The third kappa shape index (κ3) is 6.55. The number of nitrogens with zero attached hydrogens (tertiary/aromatic N) is 1. The van der Waals surface area contributed by atoms with Crippen LogP contribution in [0, 0.1) is 6.92 Å². The van der Waals surface area contributed by atoms with Crippen LogP contribution in [0.5, 0.6) is 5.75 Å². The highest BCUT2D eigenvalue weighted by molar-refractivity contribution is 5.29. The SMILES string of the molecule is CCOCCCOc1ccc(C)nc1CNC(C)C. The number of aromatic nitrogens is 1. The van der Waals surface area contributed by atoms with Gasteiger partial charge in [0.25, 0.3) is 0 Å². The number of ether oxygens (including phenoxy) is 2. The lowest BCUT2D eigenvalue weighted by Crippen LogP contribution is -2.23. The van der Waals surface area contributed by atoms with Gasteiger partial charge in [0.2, 0.25) is 0 Å². The Balaban J connectivity index is 2.50. The Morgan fingerprint density at radius 1 is 1.26 bits per heavy atom. The molecule has 4 nitrogen and oxygen atoms in total. The van der Waals surface area contributed by atoms with E-state index in [0.717, 1.165) is 43.3 Å². The highest BCUT2D eigenvalue weighted by Gasteiger charge is 2.06. The molecule has 1 aromatic rings. The zero-order chi connectivity index (χ0) is 14.1. The monoisotopic (exact) mass is 266 g/mol. The predicted octanol–water partition coefficient (Wildman–Crippen LogP) is 2.69. The van der Waals surface area contributed by atoms with Gasteiger partial charge in [-0.3, -0.25) is 4.98 Å². The number of nitrogens with one attached hydrogen (secondary N) is 1. The van der Waals surface area contributed by atoms with E-state index in [1.165, 1.54) is 0 Å². The van der Waals surface area contributed by atoms with E-state index in [0.29, 0.717) is 12.6 Å². The van der Waals surface area contributed by atoms with Crippen molar-refractivity contribution in [1.82, 2.24) is 10.3 Å². The van der Waals surface area contributed by atoms with E-state index >= 15 is 0 Å². The summed E-state index contributed by atoms with van der Waals surface area (Å²) in [5.41, 5.74) is 1.99. The Hall–Kier alpha value is -1.13. The van der Waals surface area contributed by atoms with E-state index in [1.807, 2.05) is 26.0 Å². The van der Waals surface area contributed by atoms with E-state index < -0.39 is 0 Å². The highest BCUT2D eigenvalue weighted by Crippen LogP contribution is 2.17. The van der Waals surface area contributed by atoms with Gasteiger partial charge in [-0.05, 0) is 26.0 Å². The van der Waals surface area contributed by atoms with Crippen molar-refractivity contribution in [3.8, 4) is 5.75 Å². The van der Waals surface area contributed by atoms with E-state index in [-0.39, 0.29) is 0 Å². The molecule has 0 radical (unpaired) electrons. The van der Waals surface area contributed by atoms with Gasteiger partial charge in [-0.2, -0.15) is 0 Å². The average molecular weight is 266 g/mol. The van der Waals surface area contributed by atoms with Gasteiger partial charge in [-0.15, -0.1) is 0 Å². The van der Waals surface area contributed by atoms with Gasteiger partial charge in [-0.1, -0.05) is 13.8 Å². The molecule has 0 aliphatic carbocycles. The summed E-state index contributed by atoms with van der Waals surface area (Å²) in [6, 6.07) is 4.42. The molecule has 1 N–H and O–H groups in total. The van der Waals surface area contributed by atoms with Crippen molar-refractivity contribution in [2.24, 2.45) is 0 Å². The number of pyridine rings is 1. The van der Waals surface area contributed by atoms with E-state index in [4.69, 9.17) is 9.47 Å². The molecule has 0 fully saturated rings. The summed E-state index contributed by atoms with van der Waals surface area (Å²) in [5.74, 6) is 0.871. The Morgan fingerprint density at radius 2 is 2.05 bits per heavy atom. The Morgan fingerprint density at radius 3 is 2.74 bits per heavy atom. The van der Waals surface area contributed by atoms with Crippen molar-refractivity contribution in [1.29, 1.82) is 0 Å². The first kappa shape index (κ1) is 15.9. The summed E-state index contributed by atoms with van der Waals surface area (Å²) >= 11 is 0. The second kappa shape index (κ2) is 8.88. The average Bonchev–Trinajstić information content (AvgIpc) is 2.38. The lowest BCUT2D eigenvalue weighted by molar-refractivity contribution is 0.130. The molecule has 0 aliphatic heterocycles. The normalized spacial score (nSPS) is 11.0. The summed E-state index contributed by atoms with van der Waals surface area (Å²) in [4.78, 5) is 4.54. The minimum atomic E-state index is 0.438. The first-order chi connectivity index (χ1) is 9.13. The third-order valence-corrected chi connectivity index (χ3v) is 2.64. The topological polar surface area (TPSA) is 43.4 Å². The second-order valence-electron chi connectivity index (χ2n) is 4.83. The fraction of sp³-hybridized carbons (Fsp3) is 0.667. The molecule has 108 valence electrons. The zero-order valence-electron chi connectivity index (χ0n) is 12.5. The lowest BCUT2D eigenvalue weighted by Gasteiger charge is -2.13. The van der Waals surface area contributed by atoms with Crippen molar-refractivity contribution < 1.29 is 9.47 Å². The van der Waals surface area contributed by atoms with Crippen molar-refractivity contribution in [2.75, 3.05) is 19.8 Å². The van der Waals surface area contributed by atoms with Crippen LogP contribution >= 0.6 is 0 Å². The minimum absolute atomic E-state index is 0.438. The molecule has 1 rings (SSSR count). The lowest BCUT2D eigenvalue weighted by atomic mass is 10.2. The van der Waals surface area contributed by atoms with Gasteiger partial charge >= 0.3 is 0 Å². The van der Waals surface area contributed by atoms with Gasteiger partial charge < -0.3 is 14.8 Å². The summed E-state index contributed by atoms with van der Waals surface area (Å²) in [6.07, 6.45) is 0.902. The maximum Gasteiger partial charge on any atom is 0.142 e. The molecule has 0 aliphatic rings. The minimum Gasteiger partial charge on any atom is -0.492 e. The van der Waals surface area contributed by atoms with E-state index in [9.17, 15) is 0 Å². The third-order valence-electron chi connectivity index (χ3n) is 2.64. The molecule has 1 aromatic heterocycles. The van der Waals surface area contributed by atoms with E-state index in [1.54, 1.807) is 0 Å². The van der Waals surface area contributed by atoms with Gasteiger partial charge in [-0.25, -0.2) is 0 Å². The standard InChI is InChI=1S/C15H26N2O2/c1-5-18-9-6-10-19-15-8-7-13(4)17-14(15)11-16-12(2)3/h7-8,12,16H,5-6,9-11H2,1-4H3. The summed E-state index contributed by atoms with van der Waals surface area (Å²) < 4.78 is 11.1. The second-order valence-corrected chi connectivity index (χ2v) is 4.83. The van der Waals surface area contributed by atoms with Crippen LogP contribution in [0.3, 0.4) is 0 Å². The molecule has 19 heavy (non-hydrogen) atoms. The molecule has 0 bridgehead atoms. The van der Waals surface area contributed by atoms with Crippen LogP contribution in [-0.4, -0.2) is 30.8 Å². The molecular weight excluding hydrogens is 240 g/mol. The molecule has 0 spiro atoms. The molecular formula is C15H26N2O2. The summed E-state index contributed by atoms with van der Waals surface area (Å²) in [5, 5.41) is 3.37. The fourth-order valence-electron chi connectivity index (χ4n) is 1.64. The fourth-order valence-corrected chi connectivity index (χ4v) is 1.64. The molecule has 0 amide bonds. The van der Waals surface area contributed by atoms with Gasteiger partial charge in [0.15, 0.2) is 0 Å². The van der Waals surface area contributed by atoms with E-state index in [2.05, 4.69) is 24.1 Å². The van der Waals surface area contributed by atoms with Crippen LogP contribution < -0.4 is 10.1 Å². The van der Waals surface area contributed by atoms with Gasteiger partial charge in [0, 0.05) is 37.9 Å². The zero-order valence-corrected chi connectivity index (χ0v) is 12.5. The Kier molecular flexibility index (Phi) is 7.45. The molecule has 0 aromatic carbocycles. The number of hydrogen-bond donors (Lipinski definition) is 1. The van der Waals surface area contributed by atoms with Crippen LogP contribution in [0.4, 0.5) is 0 Å². The molecule has 1 heterocycles.